The highest BCUT2D eigenvalue weighted by atomic mass is 16.4. The normalized spacial score (nSPS) is 18.2. The molecule has 1 atom stereocenters. The van der Waals surface area contributed by atoms with Crippen molar-refractivity contribution >= 4 is 17.8 Å². The van der Waals surface area contributed by atoms with Crippen molar-refractivity contribution in [3.05, 3.63) is 23.2 Å². The van der Waals surface area contributed by atoms with E-state index in [9.17, 15) is 14.4 Å². The first-order chi connectivity index (χ1) is 8.97. The summed E-state index contributed by atoms with van der Waals surface area (Å²) in [6, 6.07) is 0.869. The predicted octanol–water partition coefficient (Wildman–Crippen LogP) is 0.181. The van der Waals surface area contributed by atoms with Gasteiger partial charge in [0.25, 0.3) is 0 Å². The van der Waals surface area contributed by atoms with Crippen LogP contribution in [0.25, 0.3) is 0 Å². The monoisotopic (exact) mass is 266 g/mol. The number of carbonyl (C=O) groups is 3. The number of carbonyl (C=O) groups excluding carboxylic acids is 2. The molecule has 2 rings (SSSR count). The zero-order valence-corrected chi connectivity index (χ0v) is 10.4. The van der Waals surface area contributed by atoms with Gasteiger partial charge >= 0.3 is 5.97 Å². The van der Waals surface area contributed by atoms with Gasteiger partial charge in [0, 0.05) is 6.42 Å². The summed E-state index contributed by atoms with van der Waals surface area (Å²) in [5.74, 6) is -0.834. The smallest absolute Gasteiger partial charge is 0.339 e. The first kappa shape index (κ1) is 13.1. The molecular formula is C12H14N2O5. The third kappa shape index (κ3) is 2.93. The van der Waals surface area contributed by atoms with E-state index in [1.54, 1.807) is 6.92 Å². The van der Waals surface area contributed by atoms with Crippen molar-refractivity contribution in [1.29, 1.82) is 0 Å². The van der Waals surface area contributed by atoms with Crippen LogP contribution in [-0.4, -0.2) is 28.9 Å². The Morgan fingerprint density at radius 3 is 2.84 bits per heavy atom. The molecule has 1 aromatic rings. The van der Waals surface area contributed by atoms with Crippen LogP contribution in [0.3, 0.4) is 0 Å². The average Bonchev–Trinajstić information content (AvgIpc) is 2.92. The molecule has 0 aliphatic carbocycles. The fourth-order valence-corrected chi connectivity index (χ4v) is 1.95. The molecule has 0 saturated carbocycles. The zero-order valence-electron chi connectivity index (χ0n) is 10.4. The van der Waals surface area contributed by atoms with E-state index in [2.05, 4.69) is 10.6 Å². The second-order valence-corrected chi connectivity index (χ2v) is 4.36. The molecular weight excluding hydrogens is 252 g/mol. The Balaban J connectivity index is 1.92. The molecule has 102 valence electrons. The molecule has 2 amide bonds. The molecule has 0 bridgehead atoms. The van der Waals surface area contributed by atoms with E-state index < -0.39 is 12.0 Å². The molecule has 19 heavy (non-hydrogen) atoms. The van der Waals surface area contributed by atoms with Crippen LogP contribution in [0.4, 0.5) is 0 Å². The molecule has 2 heterocycles. The van der Waals surface area contributed by atoms with Gasteiger partial charge in [-0.1, -0.05) is 0 Å². The number of aryl methyl sites for hydroxylation is 1. The Kier molecular flexibility index (Phi) is 3.55. The summed E-state index contributed by atoms with van der Waals surface area (Å²) < 4.78 is 5.23. The highest BCUT2D eigenvalue weighted by Crippen LogP contribution is 2.14. The van der Waals surface area contributed by atoms with Crippen LogP contribution < -0.4 is 10.6 Å². The molecule has 3 N–H and O–H groups in total. The van der Waals surface area contributed by atoms with Crippen molar-refractivity contribution in [3.8, 4) is 0 Å². The van der Waals surface area contributed by atoms with E-state index in [1.165, 1.54) is 6.07 Å². The van der Waals surface area contributed by atoms with Gasteiger partial charge in [0.2, 0.25) is 11.8 Å². The largest absolute Gasteiger partial charge is 0.478 e. The van der Waals surface area contributed by atoms with Gasteiger partial charge in [0.15, 0.2) is 0 Å². The standard InChI is InChI=1S/C12H14N2O5/c1-6-8(12(17)18)4-7(19-6)5-13-11(16)9-2-3-10(15)14-9/h4,9H,2-3,5H2,1H3,(H,13,16)(H,14,15)(H,17,18)/t9-/m0/s1. The summed E-state index contributed by atoms with van der Waals surface area (Å²) in [6.07, 6.45) is 0.823. The molecule has 0 unspecified atom stereocenters. The van der Waals surface area contributed by atoms with Gasteiger partial charge in [-0.25, -0.2) is 4.79 Å². The zero-order chi connectivity index (χ0) is 14.0. The number of hydrogen-bond donors (Lipinski definition) is 3. The van der Waals surface area contributed by atoms with Gasteiger partial charge in [-0.2, -0.15) is 0 Å². The van der Waals surface area contributed by atoms with Crippen LogP contribution in [0.5, 0.6) is 0 Å². The quantitative estimate of drug-likeness (QED) is 0.720. The van der Waals surface area contributed by atoms with Crippen LogP contribution in [0.2, 0.25) is 0 Å². The van der Waals surface area contributed by atoms with Crippen molar-refractivity contribution < 1.29 is 23.9 Å². The maximum absolute atomic E-state index is 11.7. The molecule has 0 spiro atoms. The minimum Gasteiger partial charge on any atom is -0.478 e. The molecule has 1 aliphatic rings. The van der Waals surface area contributed by atoms with Gasteiger partial charge in [-0.05, 0) is 19.4 Å². The van der Waals surface area contributed by atoms with Crippen molar-refractivity contribution in [2.24, 2.45) is 0 Å². The fourth-order valence-electron chi connectivity index (χ4n) is 1.95. The summed E-state index contributed by atoms with van der Waals surface area (Å²) in [7, 11) is 0. The summed E-state index contributed by atoms with van der Waals surface area (Å²) in [4.78, 5) is 33.5. The lowest BCUT2D eigenvalue weighted by Gasteiger charge is -2.09. The lowest BCUT2D eigenvalue weighted by molar-refractivity contribution is -0.125. The third-order valence-electron chi connectivity index (χ3n) is 2.95. The average molecular weight is 266 g/mol. The van der Waals surface area contributed by atoms with Crippen LogP contribution in [0.1, 0.15) is 34.7 Å². The lowest BCUT2D eigenvalue weighted by Crippen LogP contribution is -2.41. The SMILES string of the molecule is Cc1oc(CNC(=O)[C@@H]2CCC(=O)N2)cc1C(=O)O. The first-order valence-corrected chi connectivity index (χ1v) is 5.87. The van der Waals surface area contributed by atoms with Gasteiger partial charge in [0.05, 0.1) is 6.54 Å². The van der Waals surface area contributed by atoms with E-state index in [0.717, 1.165) is 0 Å². The molecule has 0 aromatic carbocycles. The Morgan fingerprint density at radius 2 is 2.32 bits per heavy atom. The first-order valence-electron chi connectivity index (χ1n) is 5.87. The molecule has 7 nitrogen and oxygen atoms in total. The molecule has 1 aromatic heterocycles. The van der Waals surface area contributed by atoms with Crippen molar-refractivity contribution in [1.82, 2.24) is 10.6 Å². The number of aromatic carboxylic acids is 1. The molecule has 1 saturated heterocycles. The van der Waals surface area contributed by atoms with Crippen LogP contribution in [0, 0.1) is 6.92 Å². The number of carboxylic acids is 1. The number of amides is 2. The number of hydrogen-bond acceptors (Lipinski definition) is 4. The van der Waals surface area contributed by atoms with E-state index >= 15 is 0 Å². The van der Waals surface area contributed by atoms with Crippen LogP contribution in [0.15, 0.2) is 10.5 Å². The topological polar surface area (TPSA) is 109 Å². The highest BCUT2D eigenvalue weighted by Gasteiger charge is 2.27. The molecule has 7 heteroatoms. The van der Waals surface area contributed by atoms with Gasteiger partial charge in [-0.3, -0.25) is 9.59 Å². The van der Waals surface area contributed by atoms with Crippen molar-refractivity contribution in [2.45, 2.75) is 32.4 Å². The number of rotatable bonds is 4. The van der Waals surface area contributed by atoms with E-state index in [-0.39, 0.29) is 23.9 Å². The van der Waals surface area contributed by atoms with Gasteiger partial charge < -0.3 is 20.2 Å². The molecule has 1 aliphatic heterocycles. The molecule has 1 fully saturated rings. The summed E-state index contributed by atoms with van der Waals surface area (Å²) in [5, 5.41) is 14.0. The summed E-state index contributed by atoms with van der Waals surface area (Å²) >= 11 is 0. The van der Waals surface area contributed by atoms with Gasteiger partial charge in [0.1, 0.15) is 23.1 Å². The lowest BCUT2D eigenvalue weighted by atomic mass is 10.2. The maximum Gasteiger partial charge on any atom is 0.339 e. The van der Waals surface area contributed by atoms with Crippen molar-refractivity contribution in [2.75, 3.05) is 0 Å². The second-order valence-electron chi connectivity index (χ2n) is 4.36. The maximum atomic E-state index is 11.7. The second kappa shape index (κ2) is 5.13. The number of nitrogens with one attached hydrogen (secondary N) is 2. The number of carboxylic acid groups (broad SMARTS) is 1. The Hall–Kier alpha value is -2.31. The van der Waals surface area contributed by atoms with E-state index in [4.69, 9.17) is 9.52 Å². The Labute approximate surface area is 109 Å². The van der Waals surface area contributed by atoms with Crippen molar-refractivity contribution in [3.63, 3.8) is 0 Å². The summed E-state index contributed by atoms with van der Waals surface area (Å²) in [5.41, 5.74) is 0.0819. The minimum atomic E-state index is -1.07. The predicted molar refractivity (Wildman–Crippen MR) is 63.4 cm³/mol. The minimum absolute atomic E-state index is 0.0819. The molecule has 0 radical (unpaired) electrons. The summed E-state index contributed by atoms with van der Waals surface area (Å²) in [6.45, 7) is 1.64. The Bertz CT molecular complexity index is 534. The van der Waals surface area contributed by atoms with Gasteiger partial charge in [-0.15, -0.1) is 0 Å². The number of furan rings is 1. The third-order valence-corrected chi connectivity index (χ3v) is 2.95. The van der Waals surface area contributed by atoms with Crippen LogP contribution >= 0.6 is 0 Å². The van der Waals surface area contributed by atoms with E-state index in [0.29, 0.717) is 24.4 Å². The van der Waals surface area contributed by atoms with E-state index in [1.807, 2.05) is 0 Å². The highest BCUT2D eigenvalue weighted by molar-refractivity contribution is 5.91. The van der Waals surface area contributed by atoms with Crippen LogP contribution in [-0.2, 0) is 16.1 Å². The fraction of sp³-hybridized carbons (Fsp3) is 0.417. The Morgan fingerprint density at radius 1 is 1.58 bits per heavy atom.